The zero-order valence-electron chi connectivity index (χ0n) is 10.3. The molecule has 2 aliphatic rings. The zero-order chi connectivity index (χ0) is 12.5. The third-order valence-corrected chi connectivity index (χ3v) is 3.32. The van der Waals surface area contributed by atoms with Crippen molar-refractivity contribution in [3.8, 4) is 11.5 Å². The second kappa shape index (κ2) is 4.49. The molecule has 1 aromatic rings. The standard InChI is InChI=1S/C13H16N2O3/c1-2-14-10-5-6-15(13(10)16)9-3-4-11-12(7-9)18-8-17-11/h3-4,7,10,14H,2,5-6,8H2,1H3. The Bertz CT molecular complexity index is 475. The highest BCUT2D eigenvalue weighted by Gasteiger charge is 2.32. The Morgan fingerprint density at radius 3 is 3.06 bits per heavy atom. The van der Waals surface area contributed by atoms with Crippen molar-refractivity contribution in [2.24, 2.45) is 0 Å². The lowest BCUT2D eigenvalue weighted by Crippen LogP contribution is -2.38. The Kier molecular flexibility index (Phi) is 2.83. The highest BCUT2D eigenvalue weighted by Crippen LogP contribution is 2.36. The van der Waals surface area contributed by atoms with Crippen LogP contribution in [0.5, 0.6) is 11.5 Å². The molecule has 1 N–H and O–H groups in total. The van der Waals surface area contributed by atoms with E-state index in [9.17, 15) is 4.79 Å². The number of nitrogens with one attached hydrogen (secondary N) is 1. The summed E-state index contributed by atoms with van der Waals surface area (Å²) in [5.74, 6) is 1.59. The van der Waals surface area contributed by atoms with E-state index in [4.69, 9.17) is 9.47 Å². The van der Waals surface area contributed by atoms with Gasteiger partial charge in [0.25, 0.3) is 0 Å². The molecule has 1 atom stereocenters. The molecule has 0 bridgehead atoms. The summed E-state index contributed by atoms with van der Waals surface area (Å²) >= 11 is 0. The molecule has 2 aliphatic heterocycles. The second-order valence-electron chi connectivity index (χ2n) is 4.43. The van der Waals surface area contributed by atoms with Crippen molar-refractivity contribution < 1.29 is 14.3 Å². The first-order chi connectivity index (χ1) is 8.79. The Labute approximate surface area is 106 Å². The number of hydrogen-bond acceptors (Lipinski definition) is 4. The van der Waals surface area contributed by atoms with Crippen LogP contribution in [0.25, 0.3) is 0 Å². The number of ether oxygens (including phenoxy) is 2. The number of carbonyl (C=O) groups excluding carboxylic acids is 1. The molecule has 0 spiro atoms. The van der Waals surface area contributed by atoms with E-state index in [1.165, 1.54) is 0 Å². The third kappa shape index (κ3) is 1.80. The normalized spacial score (nSPS) is 21.7. The lowest BCUT2D eigenvalue weighted by molar-refractivity contribution is -0.118. The molecule has 2 heterocycles. The molecule has 0 saturated carbocycles. The number of carbonyl (C=O) groups is 1. The second-order valence-corrected chi connectivity index (χ2v) is 4.43. The molecular formula is C13H16N2O3. The SMILES string of the molecule is CCNC1CCN(c2ccc3c(c2)OCO3)C1=O. The van der Waals surface area contributed by atoms with Crippen LogP contribution in [0.1, 0.15) is 13.3 Å². The number of benzene rings is 1. The van der Waals surface area contributed by atoms with Crippen molar-refractivity contribution in [2.45, 2.75) is 19.4 Å². The maximum atomic E-state index is 12.2. The first-order valence-electron chi connectivity index (χ1n) is 6.24. The molecule has 0 aliphatic carbocycles. The van der Waals surface area contributed by atoms with Crippen LogP contribution in [0.4, 0.5) is 5.69 Å². The van der Waals surface area contributed by atoms with Crippen LogP contribution < -0.4 is 19.7 Å². The summed E-state index contributed by atoms with van der Waals surface area (Å²) in [5, 5.41) is 3.20. The van der Waals surface area contributed by atoms with Crippen LogP contribution >= 0.6 is 0 Å². The van der Waals surface area contributed by atoms with Crippen LogP contribution in [0.15, 0.2) is 18.2 Å². The fraction of sp³-hybridized carbons (Fsp3) is 0.462. The van der Waals surface area contributed by atoms with Crippen molar-refractivity contribution >= 4 is 11.6 Å². The largest absolute Gasteiger partial charge is 0.454 e. The molecule has 18 heavy (non-hydrogen) atoms. The molecule has 3 rings (SSSR count). The van der Waals surface area contributed by atoms with E-state index in [0.717, 1.165) is 30.9 Å². The molecule has 1 saturated heterocycles. The number of amides is 1. The van der Waals surface area contributed by atoms with Crippen molar-refractivity contribution in [2.75, 3.05) is 24.8 Å². The quantitative estimate of drug-likeness (QED) is 0.871. The summed E-state index contributed by atoms with van der Waals surface area (Å²) in [6, 6.07) is 5.57. The summed E-state index contributed by atoms with van der Waals surface area (Å²) < 4.78 is 10.6. The van der Waals surface area contributed by atoms with Gasteiger partial charge in [-0.1, -0.05) is 6.92 Å². The van der Waals surface area contributed by atoms with E-state index >= 15 is 0 Å². The Hall–Kier alpha value is -1.75. The van der Waals surface area contributed by atoms with Crippen molar-refractivity contribution in [1.29, 1.82) is 0 Å². The third-order valence-electron chi connectivity index (χ3n) is 3.32. The van der Waals surface area contributed by atoms with E-state index in [-0.39, 0.29) is 18.7 Å². The molecule has 0 aromatic heterocycles. The topological polar surface area (TPSA) is 50.8 Å². The predicted molar refractivity (Wildman–Crippen MR) is 67.0 cm³/mol. The summed E-state index contributed by atoms with van der Waals surface area (Å²) in [4.78, 5) is 14.0. The smallest absolute Gasteiger partial charge is 0.244 e. The minimum atomic E-state index is -0.0552. The van der Waals surface area contributed by atoms with Gasteiger partial charge >= 0.3 is 0 Å². The number of likely N-dealkylation sites (N-methyl/N-ethyl adjacent to an activating group) is 1. The van der Waals surface area contributed by atoms with Gasteiger partial charge in [-0.2, -0.15) is 0 Å². The first kappa shape index (κ1) is 11.3. The van der Waals surface area contributed by atoms with Crippen LogP contribution in [-0.4, -0.2) is 31.8 Å². The van der Waals surface area contributed by atoms with Gasteiger partial charge in [-0.15, -0.1) is 0 Å². The van der Waals surface area contributed by atoms with E-state index in [1.807, 2.05) is 25.1 Å². The van der Waals surface area contributed by atoms with Gasteiger partial charge in [0.05, 0.1) is 6.04 Å². The number of anilines is 1. The van der Waals surface area contributed by atoms with E-state index < -0.39 is 0 Å². The molecule has 1 aromatic carbocycles. The molecule has 1 fully saturated rings. The molecule has 96 valence electrons. The van der Waals surface area contributed by atoms with Crippen molar-refractivity contribution in [3.05, 3.63) is 18.2 Å². The average molecular weight is 248 g/mol. The van der Waals surface area contributed by atoms with Crippen LogP contribution in [-0.2, 0) is 4.79 Å². The number of fused-ring (bicyclic) bond motifs is 1. The minimum Gasteiger partial charge on any atom is -0.454 e. The highest BCUT2D eigenvalue weighted by atomic mass is 16.7. The van der Waals surface area contributed by atoms with Crippen LogP contribution in [0.3, 0.4) is 0 Å². The van der Waals surface area contributed by atoms with Gasteiger partial charge in [-0.3, -0.25) is 4.79 Å². The summed E-state index contributed by atoms with van der Waals surface area (Å²) in [5.41, 5.74) is 0.879. The number of nitrogens with zero attached hydrogens (tertiary/aromatic N) is 1. The van der Waals surface area contributed by atoms with E-state index in [2.05, 4.69) is 5.32 Å². The molecule has 1 amide bonds. The zero-order valence-corrected chi connectivity index (χ0v) is 10.3. The molecule has 5 nitrogen and oxygen atoms in total. The van der Waals surface area contributed by atoms with Gasteiger partial charge in [0.15, 0.2) is 11.5 Å². The minimum absolute atomic E-state index is 0.0552. The molecule has 1 unspecified atom stereocenters. The summed E-state index contributed by atoms with van der Waals surface area (Å²) in [6.07, 6.45) is 0.848. The monoisotopic (exact) mass is 248 g/mol. The van der Waals surface area contributed by atoms with Gasteiger partial charge in [-0.05, 0) is 25.1 Å². The number of rotatable bonds is 3. The Morgan fingerprint density at radius 1 is 1.39 bits per heavy atom. The van der Waals surface area contributed by atoms with E-state index in [1.54, 1.807) is 4.90 Å². The fourth-order valence-electron chi connectivity index (χ4n) is 2.43. The van der Waals surface area contributed by atoms with Gasteiger partial charge < -0.3 is 19.7 Å². The summed E-state index contributed by atoms with van der Waals surface area (Å²) in [6.45, 7) is 3.82. The van der Waals surface area contributed by atoms with Crippen molar-refractivity contribution in [3.63, 3.8) is 0 Å². The lowest BCUT2D eigenvalue weighted by atomic mass is 10.2. The highest BCUT2D eigenvalue weighted by molar-refractivity contribution is 5.99. The van der Waals surface area contributed by atoms with Gasteiger partial charge in [0, 0.05) is 18.3 Å². The van der Waals surface area contributed by atoms with Crippen LogP contribution in [0.2, 0.25) is 0 Å². The average Bonchev–Trinajstić information content (AvgIpc) is 2.97. The lowest BCUT2D eigenvalue weighted by Gasteiger charge is -2.17. The first-order valence-corrected chi connectivity index (χ1v) is 6.24. The molecule has 5 heteroatoms. The molecule has 0 radical (unpaired) electrons. The summed E-state index contributed by atoms with van der Waals surface area (Å²) in [7, 11) is 0. The Balaban J connectivity index is 1.81. The maximum absolute atomic E-state index is 12.2. The predicted octanol–water partition coefficient (Wildman–Crippen LogP) is 1.13. The van der Waals surface area contributed by atoms with E-state index in [0.29, 0.717) is 5.75 Å². The van der Waals surface area contributed by atoms with Gasteiger partial charge in [0.2, 0.25) is 12.7 Å². The van der Waals surface area contributed by atoms with Gasteiger partial charge in [-0.25, -0.2) is 0 Å². The van der Waals surface area contributed by atoms with Gasteiger partial charge in [0.1, 0.15) is 0 Å². The molecular weight excluding hydrogens is 232 g/mol. The van der Waals surface area contributed by atoms with Crippen molar-refractivity contribution in [1.82, 2.24) is 5.32 Å². The Morgan fingerprint density at radius 2 is 2.22 bits per heavy atom. The maximum Gasteiger partial charge on any atom is 0.244 e. The number of hydrogen-bond donors (Lipinski definition) is 1. The van der Waals surface area contributed by atoms with Crippen LogP contribution in [0, 0.1) is 0 Å². The fourth-order valence-corrected chi connectivity index (χ4v) is 2.43.